The number of halogens is 2. The molecular weight excluding hydrogens is 371 g/mol. The molecule has 2 aromatic carbocycles. The molecule has 1 aromatic heterocycles. The molecule has 0 aliphatic rings. The zero-order chi connectivity index (χ0) is 18.5. The van der Waals surface area contributed by atoms with Gasteiger partial charge in [0, 0.05) is 5.02 Å². The summed E-state index contributed by atoms with van der Waals surface area (Å²) >= 11 is 12.0. The first kappa shape index (κ1) is 18.5. The highest BCUT2D eigenvalue weighted by Crippen LogP contribution is 2.26. The molecule has 0 saturated carbocycles. The molecule has 0 unspecified atom stereocenters. The van der Waals surface area contributed by atoms with Crippen molar-refractivity contribution in [1.82, 2.24) is 5.32 Å². The molecule has 4 nitrogen and oxygen atoms in total. The van der Waals surface area contributed by atoms with Crippen molar-refractivity contribution in [2.75, 3.05) is 5.32 Å². The number of furan rings is 1. The summed E-state index contributed by atoms with van der Waals surface area (Å²) in [6.07, 6.45) is 1.62. The van der Waals surface area contributed by atoms with Crippen LogP contribution in [0.3, 0.4) is 0 Å². The number of carbonyl (C=O) groups excluding carboxylic acids is 1. The van der Waals surface area contributed by atoms with Crippen molar-refractivity contribution in [2.45, 2.75) is 19.0 Å². The van der Waals surface area contributed by atoms with Crippen LogP contribution in [0.15, 0.2) is 71.3 Å². The lowest BCUT2D eigenvalue weighted by atomic mass is 10.0. The van der Waals surface area contributed by atoms with Gasteiger partial charge in [-0.1, -0.05) is 53.5 Å². The molecule has 0 aliphatic heterocycles. The van der Waals surface area contributed by atoms with Gasteiger partial charge in [0.05, 0.1) is 29.1 Å². The van der Waals surface area contributed by atoms with E-state index in [2.05, 4.69) is 10.6 Å². The Balaban J connectivity index is 1.75. The molecule has 134 valence electrons. The van der Waals surface area contributed by atoms with E-state index in [-0.39, 0.29) is 11.9 Å². The molecule has 1 amide bonds. The number of nitrogens with one attached hydrogen (secondary N) is 2. The van der Waals surface area contributed by atoms with E-state index in [1.807, 2.05) is 42.5 Å². The lowest BCUT2D eigenvalue weighted by Crippen LogP contribution is -2.40. The highest BCUT2D eigenvalue weighted by molar-refractivity contribution is 6.36. The maximum Gasteiger partial charge on any atom is 0.241 e. The Kier molecular flexibility index (Phi) is 5.99. The van der Waals surface area contributed by atoms with Gasteiger partial charge < -0.3 is 9.73 Å². The van der Waals surface area contributed by atoms with Crippen LogP contribution in [0.1, 0.15) is 24.3 Å². The Morgan fingerprint density at radius 1 is 1.04 bits per heavy atom. The van der Waals surface area contributed by atoms with Crippen LogP contribution in [0, 0.1) is 0 Å². The SMILES string of the molecule is C[C@@H](N[C@H](c1ccccc1)c1ccco1)C(=O)Nc1ccc(Cl)cc1Cl. The van der Waals surface area contributed by atoms with Crippen LogP contribution >= 0.6 is 23.2 Å². The topological polar surface area (TPSA) is 54.3 Å². The molecule has 0 fully saturated rings. The number of hydrogen-bond donors (Lipinski definition) is 2. The van der Waals surface area contributed by atoms with Gasteiger partial charge in [-0.2, -0.15) is 0 Å². The van der Waals surface area contributed by atoms with Gasteiger partial charge in [-0.05, 0) is 42.8 Å². The monoisotopic (exact) mass is 388 g/mol. The summed E-state index contributed by atoms with van der Waals surface area (Å²) in [6, 6.07) is 17.7. The van der Waals surface area contributed by atoms with Crippen molar-refractivity contribution in [3.05, 3.63) is 88.3 Å². The smallest absolute Gasteiger partial charge is 0.241 e. The van der Waals surface area contributed by atoms with Crippen molar-refractivity contribution in [2.24, 2.45) is 0 Å². The Bertz CT molecular complexity index is 867. The minimum Gasteiger partial charge on any atom is -0.467 e. The van der Waals surface area contributed by atoms with E-state index in [0.717, 1.165) is 11.3 Å². The fraction of sp³-hybridized carbons (Fsp3) is 0.150. The van der Waals surface area contributed by atoms with Crippen LogP contribution < -0.4 is 10.6 Å². The van der Waals surface area contributed by atoms with E-state index in [9.17, 15) is 4.79 Å². The van der Waals surface area contributed by atoms with Crippen LogP contribution in [0.4, 0.5) is 5.69 Å². The van der Waals surface area contributed by atoms with Gasteiger partial charge in [0.2, 0.25) is 5.91 Å². The average molecular weight is 389 g/mol. The number of carbonyl (C=O) groups is 1. The third-order valence-electron chi connectivity index (χ3n) is 3.96. The summed E-state index contributed by atoms with van der Waals surface area (Å²) in [5, 5.41) is 7.04. The summed E-state index contributed by atoms with van der Waals surface area (Å²) in [7, 11) is 0. The molecule has 0 aliphatic carbocycles. The first-order valence-electron chi connectivity index (χ1n) is 8.15. The highest BCUT2D eigenvalue weighted by atomic mass is 35.5. The Labute approximate surface area is 162 Å². The van der Waals surface area contributed by atoms with Crippen molar-refractivity contribution in [3.63, 3.8) is 0 Å². The molecule has 0 bridgehead atoms. The lowest BCUT2D eigenvalue weighted by molar-refractivity contribution is -0.117. The molecule has 6 heteroatoms. The summed E-state index contributed by atoms with van der Waals surface area (Å²) in [4.78, 5) is 12.6. The van der Waals surface area contributed by atoms with E-state index < -0.39 is 6.04 Å². The van der Waals surface area contributed by atoms with E-state index in [1.165, 1.54) is 0 Å². The standard InChI is InChI=1S/C20H18Cl2N2O2/c1-13(20(25)24-17-10-9-15(21)12-16(17)22)23-19(18-8-5-11-26-18)14-6-3-2-4-7-14/h2-13,19,23H,1H3,(H,24,25)/t13-,19-/m1/s1. The number of amides is 1. The van der Waals surface area contributed by atoms with E-state index >= 15 is 0 Å². The lowest BCUT2D eigenvalue weighted by Gasteiger charge is -2.22. The van der Waals surface area contributed by atoms with Crippen molar-refractivity contribution in [1.29, 1.82) is 0 Å². The fourth-order valence-corrected chi connectivity index (χ4v) is 3.06. The minimum absolute atomic E-state index is 0.207. The first-order valence-corrected chi connectivity index (χ1v) is 8.90. The zero-order valence-electron chi connectivity index (χ0n) is 14.1. The Morgan fingerprint density at radius 3 is 2.46 bits per heavy atom. The summed E-state index contributed by atoms with van der Waals surface area (Å²) in [5.74, 6) is 0.530. The van der Waals surface area contributed by atoms with Gasteiger partial charge in [-0.3, -0.25) is 10.1 Å². The molecule has 0 radical (unpaired) electrons. The second-order valence-corrected chi connectivity index (χ2v) is 6.70. The normalized spacial score (nSPS) is 13.2. The maximum absolute atomic E-state index is 12.6. The van der Waals surface area contributed by atoms with Crippen LogP contribution in [-0.2, 0) is 4.79 Å². The molecule has 2 N–H and O–H groups in total. The Morgan fingerprint density at radius 2 is 1.81 bits per heavy atom. The third kappa shape index (κ3) is 4.47. The second kappa shape index (κ2) is 8.41. The van der Waals surface area contributed by atoms with Crippen molar-refractivity contribution in [3.8, 4) is 0 Å². The van der Waals surface area contributed by atoms with Gasteiger partial charge in [0.1, 0.15) is 5.76 Å². The van der Waals surface area contributed by atoms with Gasteiger partial charge in [0.15, 0.2) is 0 Å². The van der Waals surface area contributed by atoms with E-state index in [0.29, 0.717) is 15.7 Å². The van der Waals surface area contributed by atoms with Crippen molar-refractivity contribution >= 4 is 34.8 Å². The molecule has 0 saturated heterocycles. The summed E-state index contributed by atoms with van der Waals surface area (Å²) < 4.78 is 5.55. The summed E-state index contributed by atoms with van der Waals surface area (Å²) in [5.41, 5.74) is 1.52. The number of hydrogen-bond acceptors (Lipinski definition) is 3. The third-order valence-corrected chi connectivity index (χ3v) is 4.51. The molecule has 0 spiro atoms. The molecule has 3 aromatic rings. The van der Waals surface area contributed by atoms with E-state index in [4.69, 9.17) is 27.6 Å². The second-order valence-electron chi connectivity index (χ2n) is 5.86. The zero-order valence-corrected chi connectivity index (χ0v) is 15.6. The quantitative estimate of drug-likeness (QED) is 0.602. The van der Waals surface area contributed by atoms with Crippen LogP contribution in [0.5, 0.6) is 0 Å². The van der Waals surface area contributed by atoms with Crippen LogP contribution in [-0.4, -0.2) is 11.9 Å². The number of rotatable bonds is 6. The maximum atomic E-state index is 12.6. The number of benzene rings is 2. The predicted octanol–water partition coefficient (Wildman–Crippen LogP) is 5.29. The minimum atomic E-state index is -0.489. The van der Waals surface area contributed by atoms with Gasteiger partial charge in [-0.15, -0.1) is 0 Å². The summed E-state index contributed by atoms with van der Waals surface area (Å²) in [6.45, 7) is 1.79. The molecule has 3 rings (SSSR count). The average Bonchev–Trinajstić information content (AvgIpc) is 3.17. The Hall–Kier alpha value is -2.27. The highest BCUT2D eigenvalue weighted by Gasteiger charge is 2.23. The van der Waals surface area contributed by atoms with Crippen molar-refractivity contribution < 1.29 is 9.21 Å². The fourth-order valence-electron chi connectivity index (χ4n) is 2.60. The molecular formula is C20H18Cl2N2O2. The molecule has 1 heterocycles. The van der Waals surface area contributed by atoms with Crippen LogP contribution in [0.2, 0.25) is 10.0 Å². The first-order chi connectivity index (χ1) is 12.5. The largest absolute Gasteiger partial charge is 0.467 e. The molecule has 2 atom stereocenters. The number of anilines is 1. The predicted molar refractivity (Wildman–Crippen MR) is 105 cm³/mol. The van der Waals surface area contributed by atoms with Gasteiger partial charge in [-0.25, -0.2) is 0 Å². The van der Waals surface area contributed by atoms with Crippen LogP contribution in [0.25, 0.3) is 0 Å². The van der Waals surface area contributed by atoms with E-state index in [1.54, 1.807) is 31.4 Å². The van der Waals surface area contributed by atoms with Gasteiger partial charge in [0.25, 0.3) is 0 Å². The molecule has 26 heavy (non-hydrogen) atoms. The van der Waals surface area contributed by atoms with Gasteiger partial charge >= 0.3 is 0 Å².